The topological polar surface area (TPSA) is 67.9 Å². The maximum Gasteiger partial charge on any atom is 0.323 e. The van der Waals surface area contributed by atoms with Gasteiger partial charge >= 0.3 is 5.97 Å². The molecule has 1 aliphatic heterocycles. The van der Waals surface area contributed by atoms with Crippen LogP contribution in [0.1, 0.15) is 17.5 Å². The van der Waals surface area contributed by atoms with Gasteiger partial charge in [-0.1, -0.05) is 12.1 Å². The van der Waals surface area contributed by atoms with Crippen LogP contribution < -0.4 is 10.1 Å². The number of methoxy groups -OCH3 is 2. The summed E-state index contributed by atoms with van der Waals surface area (Å²) in [6.07, 6.45) is 0.893. The molecule has 1 heterocycles. The van der Waals surface area contributed by atoms with E-state index in [4.69, 9.17) is 9.47 Å². The van der Waals surface area contributed by atoms with Crippen LogP contribution in [-0.4, -0.2) is 56.7 Å². The molecule has 1 amide bonds. The number of ether oxygens (including phenoxy) is 2. The summed E-state index contributed by atoms with van der Waals surface area (Å²) < 4.78 is 10.0. The number of likely N-dealkylation sites (N-methyl/N-ethyl adjacent to an activating group) is 1. The lowest BCUT2D eigenvalue weighted by Crippen LogP contribution is -2.37. The maximum atomic E-state index is 12.2. The van der Waals surface area contributed by atoms with Gasteiger partial charge in [-0.2, -0.15) is 0 Å². The van der Waals surface area contributed by atoms with Crippen molar-refractivity contribution in [2.75, 3.05) is 27.8 Å². The van der Waals surface area contributed by atoms with Crippen molar-refractivity contribution in [3.05, 3.63) is 29.3 Å². The molecular weight excluding hydrogens is 296 g/mol. The van der Waals surface area contributed by atoms with Gasteiger partial charge in [-0.25, -0.2) is 0 Å². The second-order valence-corrected chi connectivity index (χ2v) is 5.96. The summed E-state index contributed by atoms with van der Waals surface area (Å²) in [5.74, 6) is 0.515. The number of hydrogen-bond donors (Lipinski definition) is 1. The molecule has 2 atom stereocenters. The molecule has 1 saturated heterocycles. The quantitative estimate of drug-likeness (QED) is 0.817. The highest BCUT2D eigenvalue weighted by Crippen LogP contribution is 2.20. The molecule has 6 heteroatoms. The lowest BCUT2D eigenvalue weighted by atomic mass is 10.1. The summed E-state index contributed by atoms with van der Waals surface area (Å²) in [5.41, 5.74) is 1.95. The minimum absolute atomic E-state index is 0.0315. The Hall–Kier alpha value is -2.08. The summed E-state index contributed by atoms with van der Waals surface area (Å²) in [4.78, 5) is 25.8. The van der Waals surface area contributed by atoms with Crippen LogP contribution in [0, 0.1) is 6.92 Å². The van der Waals surface area contributed by atoms with Crippen molar-refractivity contribution in [3.63, 3.8) is 0 Å². The van der Waals surface area contributed by atoms with Crippen molar-refractivity contribution in [2.24, 2.45) is 0 Å². The van der Waals surface area contributed by atoms with E-state index in [1.54, 1.807) is 7.11 Å². The van der Waals surface area contributed by atoms with E-state index >= 15 is 0 Å². The lowest BCUT2D eigenvalue weighted by Gasteiger charge is -2.15. The number of esters is 1. The Kier molecular flexibility index (Phi) is 5.60. The third-order valence-corrected chi connectivity index (χ3v) is 4.21. The van der Waals surface area contributed by atoms with E-state index in [2.05, 4.69) is 5.32 Å². The number of carbonyl (C=O) groups excluding carboxylic acids is 2. The molecule has 2 rings (SSSR count). The van der Waals surface area contributed by atoms with E-state index in [-0.39, 0.29) is 24.0 Å². The van der Waals surface area contributed by atoms with Gasteiger partial charge in [0, 0.05) is 12.6 Å². The average molecular weight is 320 g/mol. The monoisotopic (exact) mass is 320 g/mol. The first-order valence-corrected chi connectivity index (χ1v) is 7.65. The molecule has 6 nitrogen and oxygen atoms in total. The van der Waals surface area contributed by atoms with Crippen molar-refractivity contribution in [2.45, 2.75) is 31.8 Å². The number of nitrogens with one attached hydrogen (secondary N) is 1. The van der Waals surface area contributed by atoms with E-state index in [1.165, 1.54) is 7.11 Å². The first-order valence-electron chi connectivity index (χ1n) is 7.65. The molecule has 0 aromatic heterocycles. The average Bonchev–Trinajstić information content (AvgIpc) is 2.87. The highest BCUT2D eigenvalue weighted by atomic mass is 16.5. The van der Waals surface area contributed by atoms with Crippen LogP contribution in [0.4, 0.5) is 0 Å². The summed E-state index contributed by atoms with van der Waals surface area (Å²) in [5, 5.41) is 3.00. The highest BCUT2D eigenvalue weighted by molar-refractivity contribution is 5.80. The smallest absolute Gasteiger partial charge is 0.323 e. The normalized spacial score (nSPS) is 21.0. The molecule has 2 unspecified atom stereocenters. The molecule has 0 saturated carbocycles. The first-order chi connectivity index (χ1) is 10.9. The molecule has 1 aliphatic rings. The number of rotatable bonds is 5. The molecule has 23 heavy (non-hydrogen) atoms. The van der Waals surface area contributed by atoms with Crippen LogP contribution in [-0.2, 0) is 20.7 Å². The van der Waals surface area contributed by atoms with E-state index in [0.717, 1.165) is 16.9 Å². The number of aryl methyl sites for hydroxylation is 1. The molecule has 1 aromatic rings. The van der Waals surface area contributed by atoms with Crippen molar-refractivity contribution < 1.29 is 19.1 Å². The molecule has 1 aromatic carbocycles. The van der Waals surface area contributed by atoms with Gasteiger partial charge in [0.25, 0.3) is 0 Å². The van der Waals surface area contributed by atoms with E-state index in [9.17, 15) is 9.59 Å². The zero-order chi connectivity index (χ0) is 17.0. The Balaban J connectivity index is 1.90. The standard InChI is InChI=1S/C17H24N2O4/c1-11-7-12(5-6-15(11)22-3)8-16(20)18-13-9-14(17(21)23-4)19(2)10-13/h5-7,13-14H,8-10H2,1-4H3,(H,18,20). The summed E-state index contributed by atoms with van der Waals surface area (Å²) in [6, 6.07) is 5.40. The SMILES string of the molecule is COC(=O)C1CC(NC(=O)Cc2ccc(OC)c(C)c2)CN1C. The third-order valence-electron chi connectivity index (χ3n) is 4.21. The molecule has 126 valence electrons. The molecule has 0 bridgehead atoms. The fourth-order valence-corrected chi connectivity index (χ4v) is 3.03. The van der Waals surface area contributed by atoms with E-state index < -0.39 is 0 Å². The maximum absolute atomic E-state index is 12.2. The molecule has 0 radical (unpaired) electrons. The number of carbonyl (C=O) groups is 2. The van der Waals surface area contributed by atoms with Gasteiger partial charge in [0.15, 0.2) is 0 Å². The Morgan fingerprint density at radius 3 is 2.70 bits per heavy atom. The fourth-order valence-electron chi connectivity index (χ4n) is 3.03. The van der Waals surface area contributed by atoms with E-state index in [0.29, 0.717) is 19.4 Å². The predicted octanol–water partition coefficient (Wildman–Crippen LogP) is 0.908. The molecule has 0 aliphatic carbocycles. The van der Waals surface area contributed by atoms with Crippen molar-refractivity contribution in [1.29, 1.82) is 0 Å². The molecule has 0 spiro atoms. The van der Waals surface area contributed by atoms with Crippen LogP contribution in [0.3, 0.4) is 0 Å². The van der Waals surface area contributed by atoms with Gasteiger partial charge in [-0.05, 0) is 37.6 Å². The number of likely N-dealkylation sites (tertiary alicyclic amines) is 1. The highest BCUT2D eigenvalue weighted by Gasteiger charge is 2.35. The van der Waals surface area contributed by atoms with Gasteiger partial charge in [-0.15, -0.1) is 0 Å². The largest absolute Gasteiger partial charge is 0.496 e. The number of amides is 1. The van der Waals surface area contributed by atoms with Crippen LogP contribution in [0.15, 0.2) is 18.2 Å². The van der Waals surface area contributed by atoms with Crippen molar-refractivity contribution >= 4 is 11.9 Å². The van der Waals surface area contributed by atoms with Gasteiger partial charge in [0.05, 0.1) is 20.6 Å². The second kappa shape index (κ2) is 7.46. The summed E-state index contributed by atoms with van der Waals surface area (Å²) in [7, 11) is 4.87. The lowest BCUT2D eigenvalue weighted by molar-refractivity contribution is -0.145. The Labute approximate surface area is 136 Å². The third kappa shape index (κ3) is 4.22. The van der Waals surface area contributed by atoms with Crippen LogP contribution >= 0.6 is 0 Å². The Morgan fingerprint density at radius 2 is 2.09 bits per heavy atom. The molecule has 1 N–H and O–H groups in total. The van der Waals surface area contributed by atoms with Gasteiger partial charge in [0.1, 0.15) is 11.8 Å². The summed E-state index contributed by atoms with van der Waals surface area (Å²) >= 11 is 0. The Bertz CT molecular complexity index is 588. The number of nitrogens with zero attached hydrogens (tertiary/aromatic N) is 1. The van der Waals surface area contributed by atoms with Crippen LogP contribution in [0.5, 0.6) is 5.75 Å². The predicted molar refractivity (Wildman–Crippen MR) is 86.4 cm³/mol. The van der Waals surface area contributed by atoms with Gasteiger partial charge in [0.2, 0.25) is 5.91 Å². The van der Waals surface area contributed by atoms with Gasteiger partial charge in [-0.3, -0.25) is 14.5 Å². The zero-order valence-corrected chi connectivity index (χ0v) is 14.1. The Morgan fingerprint density at radius 1 is 1.35 bits per heavy atom. The number of hydrogen-bond acceptors (Lipinski definition) is 5. The first kappa shape index (κ1) is 17.3. The molecular formula is C17H24N2O4. The van der Waals surface area contributed by atoms with Crippen molar-refractivity contribution in [1.82, 2.24) is 10.2 Å². The van der Waals surface area contributed by atoms with Crippen LogP contribution in [0.25, 0.3) is 0 Å². The second-order valence-electron chi connectivity index (χ2n) is 5.96. The number of benzene rings is 1. The minimum Gasteiger partial charge on any atom is -0.496 e. The fraction of sp³-hybridized carbons (Fsp3) is 0.529. The van der Waals surface area contributed by atoms with Crippen molar-refractivity contribution in [3.8, 4) is 5.75 Å². The van der Waals surface area contributed by atoms with Gasteiger partial charge < -0.3 is 14.8 Å². The zero-order valence-electron chi connectivity index (χ0n) is 14.1. The van der Waals surface area contributed by atoms with E-state index in [1.807, 2.05) is 37.1 Å². The minimum atomic E-state index is -0.284. The van der Waals surface area contributed by atoms with Crippen LogP contribution in [0.2, 0.25) is 0 Å². The molecule has 1 fully saturated rings. The summed E-state index contributed by atoms with van der Waals surface area (Å²) in [6.45, 7) is 2.60.